The van der Waals surface area contributed by atoms with Crippen LogP contribution in [0.3, 0.4) is 0 Å². The molecule has 0 bridgehead atoms. The average molecular weight is 352 g/mol. The fraction of sp³-hybridized carbons (Fsp3) is 0.273. The predicted molar refractivity (Wildman–Crippen MR) is 101 cm³/mol. The van der Waals surface area contributed by atoms with Crippen molar-refractivity contribution in [3.05, 3.63) is 83.9 Å². The normalized spacial score (nSPS) is 13.2. The van der Waals surface area contributed by atoms with Crippen molar-refractivity contribution in [1.82, 2.24) is 0 Å². The molecule has 2 unspecified atom stereocenters. The zero-order valence-corrected chi connectivity index (χ0v) is 15.1. The van der Waals surface area contributed by atoms with Crippen molar-refractivity contribution >= 4 is 11.9 Å². The molecule has 26 heavy (non-hydrogen) atoms. The van der Waals surface area contributed by atoms with Gasteiger partial charge in [-0.3, -0.25) is 9.59 Å². The van der Waals surface area contributed by atoms with Crippen LogP contribution >= 0.6 is 0 Å². The third kappa shape index (κ3) is 5.31. The molecule has 0 saturated heterocycles. The minimum absolute atomic E-state index is 0.302. The first-order valence-corrected chi connectivity index (χ1v) is 8.78. The Labute approximate surface area is 154 Å². The highest BCUT2D eigenvalue weighted by Gasteiger charge is 2.23. The van der Waals surface area contributed by atoms with Crippen LogP contribution in [-0.4, -0.2) is 25.2 Å². The van der Waals surface area contributed by atoms with E-state index >= 15 is 0 Å². The average Bonchev–Trinajstić information content (AvgIpc) is 2.67. The smallest absolute Gasteiger partial charge is 0.317 e. The Bertz CT molecular complexity index is 659. The number of carbonyl (C=O) groups excluding carboxylic acids is 2. The molecule has 0 aliphatic carbocycles. The quantitative estimate of drug-likeness (QED) is 0.527. The van der Waals surface area contributed by atoms with Gasteiger partial charge in [0.25, 0.3) is 0 Å². The molecule has 0 aromatic heterocycles. The first-order chi connectivity index (χ1) is 12.7. The van der Waals surface area contributed by atoms with Crippen LogP contribution in [-0.2, 0) is 19.1 Å². The second-order valence-corrected chi connectivity index (χ2v) is 5.67. The zero-order valence-electron chi connectivity index (χ0n) is 15.1. The van der Waals surface area contributed by atoms with Gasteiger partial charge in [-0.2, -0.15) is 0 Å². The minimum atomic E-state index is -0.572. The molecule has 4 heteroatoms. The fourth-order valence-electron chi connectivity index (χ4n) is 2.66. The Balaban J connectivity index is 2.34. The third-order valence-corrected chi connectivity index (χ3v) is 3.89. The Morgan fingerprint density at radius 2 is 1.08 bits per heavy atom. The molecule has 136 valence electrons. The van der Waals surface area contributed by atoms with Crippen LogP contribution < -0.4 is 0 Å². The Hall–Kier alpha value is -2.88. The van der Waals surface area contributed by atoms with Gasteiger partial charge in [-0.15, -0.1) is 0 Å². The number of benzene rings is 2. The molecule has 2 aromatic carbocycles. The van der Waals surface area contributed by atoms with E-state index in [0.29, 0.717) is 13.2 Å². The largest absolute Gasteiger partial charge is 0.465 e. The zero-order chi connectivity index (χ0) is 18.8. The van der Waals surface area contributed by atoms with Crippen LogP contribution in [0.2, 0.25) is 0 Å². The summed E-state index contributed by atoms with van der Waals surface area (Å²) in [7, 11) is 0. The lowest BCUT2D eigenvalue weighted by molar-refractivity contribution is -0.145. The van der Waals surface area contributed by atoms with E-state index in [-0.39, 0.29) is 11.9 Å². The van der Waals surface area contributed by atoms with Crippen molar-refractivity contribution in [3.63, 3.8) is 0 Å². The first kappa shape index (κ1) is 19.4. The fourth-order valence-corrected chi connectivity index (χ4v) is 2.66. The van der Waals surface area contributed by atoms with Crippen LogP contribution in [0.5, 0.6) is 0 Å². The van der Waals surface area contributed by atoms with Gasteiger partial charge in [-0.1, -0.05) is 72.8 Å². The summed E-state index contributed by atoms with van der Waals surface area (Å²) in [5.41, 5.74) is 1.63. The van der Waals surface area contributed by atoms with Gasteiger partial charge in [0.2, 0.25) is 0 Å². The summed E-state index contributed by atoms with van der Waals surface area (Å²) in [5, 5.41) is 0. The SMILES string of the molecule is CCOC(=O)C(/C=C/C(C(=O)OCC)c1ccccc1)c1ccccc1. The lowest BCUT2D eigenvalue weighted by atomic mass is 9.93. The molecular formula is C22H24O4. The molecule has 4 nitrogen and oxygen atoms in total. The van der Waals surface area contributed by atoms with Crippen molar-refractivity contribution in [2.24, 2.45) is 0 Å². The highest BCUT2D eigenvalue weighted by molar-refractivity contribution is 5.83. The summed E-state index contributed by atoms with van der Waals surface area (Å²) < 4.78 is 10.4. The third-order valence-electron chi connectivity index (χ3n) is 3.89. The van der Waals surface area contributed by atoms with Crippen molar-refractivity contribution < 1.29 is 19.1 Å². The molecule has 0 aliphatic rings. The Morgan fingerprint density at radius 3 is 1.38 bits per heavy atom. The number of carbonyl (C=O) groups is 2. The van der Waals surface area contributed by atoms with Crippen LogP contribution in [0.4, 0.5) is 0 Å². The van der Waals surface area contributed by atoms with E-state index in [0.717, 1.165) is 11.1 Å². The van der Waals surface area contributed by atoms with E-state index in [4.69, 9.17) is 9.47 Å². The first-order valence-electron chi connectivity index (χ1n) is 8.78. The van der Waals surface area contributed by atoms with Crippen molar-refractivity contribution in [2.45, 2.75) is 25.7 Å². The van der Waals surface area contributed by atoms with Crippen LogP contribution in [0, 0.1) is 0 Å². The maximum absolute atomic E-state index is 12.4. The highest BCUT2D eigenvalue weighted by atomic mass is 16.5. The van der Waals surface area contributed by atoms with Crippen molar-refractivity contribution in [1.29, 1.82) is 0 Å². The molecule has 2 rings (SSSR count). The molecule has 0 aliphatic heterocycles. The van der Waals surface area contributed by atoms with Gasteiger partial charge in [0, 0.05) is 0 Å². The maximum atomic E-state index is 12.4. The van der Waals surface area contributed by atoms with E-state index in [1.807, 2.05) is 60.7 Å². The molecule has 2 atom stereocenters. The van der Waals surface area contributed by atoms with Gasteiger partial charge in [-0.25, -0.2) is 0 Å². The topological polar surface area (TPSA) is 52.6 Å². The van der Waals surface area contributed by atoms with Crippen LogP contribution in [0.15, 0.2) is 72.8 Å². The van der Waals surface area contributed by atoms with Gasteiger partial charge in [-0.05, 0) is 25.0 Å². The summed E-state index contributed by atoms with van der Waals surface area (Å²) in [4.78, 5) is 24.8. The number of ether oxygens (including phenoxy) is 2. The second kappa shape index (κ2) is 10.2. The van der Waals surface area contributed by atoms with Crippen molar-refractivity contribution in [3.8, 4) is 0 Å². The molecule has 0 amide bonds. The molecule has 0 saturated carbocycles. The van der Waals surface area contributed by atoms with Gasteiger partial charge in [0.1, 0.15) is 0 Å². The second-order valence-electron chi connectivity index (χ2n) is 5.67. The lowest BCUT2D eigenvalue weighted by Crippen LogP contribution is -2.17. The summed E-state index contributed by atoms with van der Waals surface area (Å²) in [6.07, 6.45) is 3.45. The summed E-state index contributed by atoms with van der Waals surface area (Å²) in [6, 6.07) is 18.7. The minimum Gasteiger partial charge on any atom is -0.465 e. The van der Waals surface area contributed by atoms with Gasteiger partial charge < -0.3 is 9.47 Å². The van der Waals surface area contributed by atoms with Gasteiger partial charge in [0.15, 0.2) is 0 Å². The Morgan fingerprint density at radius 1 is 0.731 bits per heavy atom. The molecule has 0 fully saturated rings. The van der Waals surface area contributed by atoms with E-state index in [9.17, 15) is 9.59 Å². The maximum Gasteiger partial charge on any atom is 0.317 e. The van der Waals surface area contributed by atoms with Gasteiger partial charge >= 0.3 is 11.9 Å². The standard InChI is InChI=1S/C22H24O4/c1-3-25-21(23)19(17-11-7-5-8-12-17)15-16-20(22(24)26-4-2)18-13-9-6-10-14-18/h5-16,19-20H,3-4H2,1-2H3/b16-15+. The highest BCUT2D eigenvalue weighted by Crippen LogP contribution is 2.24. The monoisotopic (exact) mass is 352 g/mol. The molecule has 0 spiro atoms. The number of hydrogen-bond donors (Lipinski definition) is 0. The summed E-state index contributed by atoms with van der Waals surface area (Å²) in [6.45, 7) is 4.15. The number of hydrogen-bond acceptors (Lipinski definition) is 4. The molecule has 2 aromatic rings. The van der Waals surface area contributed by atoms with Crippen molar-refractivity contribution in [2.75, 3.05) is 13.2 Å². The molecule has 0 N–H and O–H groups in total. The molecular weight excluding hydrogens is 328 g/mol. The lowest BCUT2D eigenvalue weighted by Gasteiger charge is -2.15. The number of esters is 2. The van der Waals surface area contributed by atoms with E-state index in [2.05, 4.69) is 0 Å². The molecule has 0 heterocycles. The molecule has 0 radical (unpaired) electrons. The Kier molecular flexibility index (Phi) is 7.62. The van der Waals surface area contributed by atoms with Crippen LogP contribution in [0.25, 0.3) is 0 Å². The summed E-state index contributed by atoms with van der Waals surface area (Å²) >= 11 is 0. The van der Waals surface area contributed by atoms with E-state index in [1.54, 1.807) is 26.0 Å². The predicted octanol–water partition coefficient (Wildman–Crippen LogP) is 4.24. The van der Waals surface area contributed by atoms with E-state index in [1.165, 1.54) is 0 Å². The summed E-state index contributed by atoms with van der Waals surface area (Å²) in [5.74, 6) is -1.83. The van der Waals surface area contributed by atoms with Crippen LogP contribution in [0.1, 0.15) is 36.8 Å². The van der Waals surface area contributed by atoms with E-state index < -0.39 is 11.8 Å². The number of rotatable bonds is 8. The van der Waals surface area contributed by atoms with Gasteiger partial charge in [0.05, 0.1) is 25.0 Å².